The van der Waals surface area contributed by atoms with Crippen molar-refractivity contribution >= 4 is 5.69 Å². The fourth-order valence-electron chi connectivity index (χ4n) is 3.26. The zero-order chi connectivity index (χ0) is 29.7. The van der Waals surface area contributed by atoms with Gasteiger partial charge in [0.05, 0.1) is 12.0 Å². The Morgan fingerprint density at radius 2 is 0.946 bits per heavy atom. The summed E-state index contributed by atoms with van der Waals surface area (Å²) in [4.78, 5) is 1.68. The van der Waals surface area contributed by atoms with E-state index in [1.165, 1.54) is 12.1 Å². The van der Waals surface area contributed by atoms with Gasteiger partial charge in [-0.3, -0.25) is 0 Å². The van der Waals surface area contributed by atoms with E-state index in [0.29, 0.717) is 25.7 Å². The first-order chi connectivity index (χ1) is 16.2. The summed E-state index contributed by atoms with van der Waals surface area (Å²) in [7, 11) is 0. The molecule has 2 nitrogen and oxygen atoms in total. The van der Waals surface area contributed by atoms with Crippen molar-refractivity contribution in [2.75, 3.05) is 18.0 Å². The molecule has 0 aliphatic carbocycles. The van der Waals surface area contributed by atoms with E-state index in [9.17, 15) is 71.0 Å². The number of halogens is 15. The molecule has 0 aliphatic heterocycles. The minimum absolute atomic E-state index is 0.339. The highest BCUT2D eigenvalue weighted by molar-refractivity contribution is 5.48. The van der Waals surface area contributed by atoms with Gasteiger partial charge in [0.1, 0.15) is 0 Å². The number of hydrogen-bond acceptors (Lipinski definition) is 2. The Morgan fingerprint density at radius 1 is 0.595 bits per heavy atom. The average Bonchev–Trinajstić information content (AvgIpc) is 2.72. The van der Waals surface area contributed by atoms with Crippen LogP contribution in [0.15, 0.2) is 24.3 Å². The van der Waals surface area contributed by atoms with Crippen molar-refractivity contribution in [2.24, 2.45) is 0 Å². The quantitative estimate of drug-likeness (QED) is 0.276. The van der Waals surface area contributed by atoms with E-state index in [1.54, 1.807) is 18.7 Å². The molecule has 17 heteroatoms. The average molecular weight is 575 g/mol. The molecule has 1 aromatic rings. The lowest BCUT2D eigenvalue weighted by Gasteiger charge is -2.42. The van der Waals surface area contributed by atoms with Gasteiger partial charge in [0.15, 0.2) is 0 Å². The van der Waals surface area contributed by atoms with Crippen LogP contribution < -0.4 is 4.90 Å². The molecule has 1 aromatic carbocycles. The van der Waals surface area contributed by atoms with Gasteiger partial charge in [0, 0.05) is 18.8 Å². The van der Waals surface area contributed by atoms with Gasteiger partial charge in [-0.25, -0.2) is 0 Å². The van der Waals surface area contributed by atoms with Crippen LogP contribution >= 0.6 is 0 Å². The van der Waals surface area contributed by atoms with Crippen LogP contribution in [0.5, 0.6) is 0 Å². The normalized spacial score (nSPS) is 16.5. The third-order valence-corrected chi connectivity index (χ3v) is 5.58. The Morgan fingerprint density at radius 3 is 1.30 bits per heavy atom. The van der Waals surface area contributed by atoms with Crippen LogP contribution in [0.2, 0.25) is 0 Å². The highest BCUT2D eigenvalue weighted by Crippen LogP contribution is 2.63. The topological polar surface area (TPSA) is 23.5 Å². The van der Waals surface area contributed by atoms with E-state index < -0.39 is 59.3 Å². The van der Waals surface area contributed by atoms with Crippen LogP contribution in [0.4, 0.5) is 71.5 Å². The van der Waals surface area contributed by atoms with Crippen LogP contribution in [-0.2, 0) is 5.60 Å². The third-order valence-electron chi connectivity index (χ3n) is 5.58. The Labute approximate surface area is 200 Å². The standard InChI is InChI=1S/C20H20F15NO/c1-4-36(5-2)12-8-6-11(7-9-12)13(3,37)10-14(21,22)15(23,24)16(25,26)17(27,28)18(29,30)19(31,32)20(33,34)35/h6-9,37H,4-5,10H2,1-3H3. The second kappa shape index (κ2) is 9.59. The van der Waals surface area contributed by atoms with E-state index in [1.807, 2.05) is 0 Å². The summed E-state index contributed by atoms with van der Waals surface area (Å²) in [5.74, 6) is -47.1. The maximum atomic E-state index is 14.3. The summed E-state index contributed by atoms with van der Waals surface area (Å²) in [6, 6.07) is 4.09. The summed E-state index contributed by atoms with van der Waals surface area (Å²) in [5.41, 5.74) is -3.48. The summed E-state index contributed by atoms with van der Waals surface area (Å²) in [6.45, 7) is 4.61. The van der Waals surface area contributed by atoms with Crippen molar-refractivity contribution in [3.63, 3.8) is 0 Å². The lowest BCUT2D eigenvalue weighted by molar-refractivity contribution is -0.453. The molecule has 216 valence electrons. The molecular weight excluding hydrogens is 555 g/mol. The number of nitrogens with zero attached hydrogens (tertiary/aromatic N) is 1. The molecule has 0 amide bonds. The van der Waals surface area contributed by atoms with Crippen molar-refractivity contribution in [2.45, 2.75) is 74.5 Å². The Hall–Kier alpha value is -2.07. The molecule has 1 atom stereocenters. The number of rotatable bonds is 11. The van der Waals surface area contributed by atoms with Gasteiger partial charge in [-0.2, -0.15) is 65.9 Å². The van der Waals surface area contributed by atoms with Gasteiger partial charge in [0.2, 0.25) is 0 Å². The van der Waals surface area contributed by atoms with Crippen molar-refractivity contribution in [3.05, 3.63) is 29.8 Å². The number of hydrogen-bond donors (Lipinski definition) is 1. The molecule has 0 fully saturated rings. The molecule has 1 unspecified atom stereocenters. The summed E-state index contributed by atoms with van der Waals surface area (Å²) in [5, 5.41) is 10.2. The zero-order valence-electron chi connectivity index (χ0n) is 19.0. The Kier molecular flexibility index (Phi) is 8.55. The van der Waals surface area contributed by atoms with E-state index >= 15 is 0 Å². The van der Waals surface area contributed by atoms with Crippen LogP contribution in [0.25, 0.3) is 0 Å². The summed E-state index contributed by atoms with van der Waals surface area (Å²) in [6.07, 6.45) is -10.5. The van der Waals surface area contributed by atoms with Gasteiger partial charge in [-0.1, -0.05) is 12.1 Å². The van der Waals surface area contributed by atoms with Crippen molar-refractivity contribution in [1.82, 2.24) is 0 Å². The van der Waals surface area contributed by atoms with Crippen LogP contribution in [0.3, 0.4) is 0 Å². The van der Waals surface area contributed by atoms with Crippen LogP contribution in [0.1, 0.15) is 32.8 Å². The maximum Gasteiger partial charge on any atom is 0.460 e. The molecule has 1 N–H and O–H groups in total. The van der Waals surface area contributed by atoms with E-state index in [2.05, 4.69) is 0 Å². The molecule has 0 aliphatic rings. The number of benzene rings is 1. The maximum absolute atomic E-state index is 14.3. The fourth-order valence-corrected chi connectivity index (χ4v) is 3.26. The summed E-state index contributed by atoms with van der Waals surface area (Å²) < 4.78 is 200. The SMILES string of the molecule is CCN(CC)c1ccc(C(C)(O)CC(F)(F)C(F)(F)C(F)(F)C(F)(F)C(F)(F)C(F)(F)C(F)(F)F)cc1. The molecular formula is C20H20F15NO. The number of aliphatic hydroxyl groups is 1. The lowest BCUT2D eigenvalue weighted by Crippen LogP contribution is -2.72. The lowest BCUT2D eigenvalue weighted by atomic mass is 9.83. The van der Waals surface area contributed by atoms with E-state index in [4.69, 9.17) is 0 Å². The molecule has 0 saturated heterocycles. The largest absolute Gasteiger partial charge is 0.460 e. The fraction of sp³-hybridized carbons (Fsp3) is 0.700. The second-order valence-electron chi connectivity index (χ2n) is 8.24. The molecule has 1 rings (SSSR count). The molecule has 0 bridgehead atoms. The van der Waals surface area contributed by atoms with E-state index in [-0.39, 0.29) is 0 Å². The van der Waals surface area contributed by atoms with Gasteiger partial charge in [0.25, 0.3) is 0 Å². The first-order valence-corrected chi connectivity index (χ1v) is 10.1. The minimum atomic E-state index is -8.36. The van der Waals surface area contributed by atoms with Gasteiger partial charge in [-0.05, 0) is 38.5 Å². The molecule has 0 aromatic heterocycles. The first kappa shape index (κ1) is 33.0. The van der Waals surface area contributed by atoms with Gasteiger partial charge in [-0.15, -0.1) is 0 Å². The number of anilines is 1. The van der Waals surface area contributed by atoms with Crippen molar-refractivity contribution < 1.29 is 71.0 Å². The zero-order valence-corrected chi connectivity index (χ0v) is 19.0. The minimum Gasteiger partial charge on any atom is -0.385 e. The first-order valence-electron chi connectivity index (χ1n) is 10.1. The third kappa shape index (κ3) is 5.15. The van der Waals surface area contributed by atoms with Gasteiger partial charge < -0.3 is 10.0 Å². The monoisotopic (exact) mass is 575 g/mol. The highest BCUT2D eigenvalue weighted by atomic mass is 19.4. The smallest absolute Gasteiger partial charge is 0.385 e. The predicted octanol–water partition coefficient (Wildman–Crippen LogP) is 7.50. The Balaban J connectivity index is 3.47. The summed E-state index contributed by atoms with van der Waals surface area (Å²) >= 11 is 0. The number of alkyl halides is 15. The molecule has 0 spiro atoms. The molecule has 0 heterocycles. The Bertz CT molecular complexity index is 919. The van der Waals surface area contributed by atoms with Gasteiger partial charge >= 0.3 is 41.7 Å². The van der Waals surface area contributed by atoms with E-state index in [0.717, 1.165) is 12.1 Å². The van der Waals surface area contributed by atoms with Crippen LogP contribution in [0, 0.1) is 0 Å². The molecule has 0 radical (unpaired) electrons. The molecule has 37 heavy (non-hydrogen) atoms. The van der Waals surface area contributed by atoms with Crippen LogP contribution in [-0.4, -0.2) is 59.9 Å². The van der Waals surface area contributed by atoms with Crippen molar-refractivity contribution in [3.8, 4) is 0 Å². The van der Waals surface area contributed by atoms with Crippen molar-refractivity contribution in [1.29, 1.82) is 0 Å². The molecule has 0 saturated carbocycles. The second-order valence-corrected chi connectivity index (χ2v) is 8.24. The predicted molar refractivity (Wildman–Crippen MR) is 99.9 cm³/mol. The highest BCUT2D eigenvalue weighted by Gasteiger charge is 2.93.